The quantitative estimate of drug-likeness (QED) is 0.0282. The van der Waals surface area contributed by atoms with Gasteiger partial charge in [-0.15, -0.1) is 0 Å². The first-order valence-corrected chi connectivity index (χ1v) is 45.1. The maximum Gasteiger partial charge on any atom is 0.276 e. The second-order valence-electron chi connectivity index (χ2n) is 32.2. The summed E-state index contributed by atoms with van der Waals surface area (Å²) in [6.45, 7) is 31.0. The number of hydrogen-bond donors (Lipinski definition) is 3. The summed E-state index contributed by atoms with van der Waals surface area (Å²) in [5.41, 5.74) is 17.1. The Kier molecular flexibility index (Phi) is 29.9. The molecular weight excluding hydrogens is 1960 g/mol. The van der Waals surface area contributed by atoms with Crippen LogP contribution in [-0.4, -0.2) is 155 Å². The summed E-state index contributed by atoms with van der Waals surface area (Å²) < 4.78 is 80.0. The van der Waals surface area contributed by atoms with Crippen molar-refractivity contribution in [2.24, 2.45) is 0 Å². The van der Waals surface area contributed by atoms with E-state index in [4.69, 9.17) is 138 Å². The highest BCUT2D eigenvalue weighted by molar-refractivity contribution is 6.46. The van der Waals surface area contributed by atoms with E-state index in [-0.39, 0.29) is 166 Å². The van der Waals surface area contributed by atoms with Gasteiger partial charge >= 0.3 is 0 Å². The molecule has 15 rings (SSSR count). The minimum atomic E-state index is -1.17. The molecule has 27 nitrogen and oxygen atoms in total. The number of halogens is 15. The molecule has 3 aromatic carbocycles. The number of aromatic nitrogens is 9. The first-order chi connectivity index (χ1) is 64.0. The monoisotopic (exact) mass is 2030 g/mol. The molecule has 0 spiro atoms. The molecular formula is C93H78Cl10F5N21O6. The van der Waals surface area contributed by atoms with Gasteiger partial charge in [-0.2, -0.15) is 15.8 Å². The average molecular weight is 2040 g/mol. The molecule has 3 fully saturated rings. The minimum Gasteiger partial charge on any atom is -0.396 e. The van der Waals surface area contributed by atoms with E-state index in [1.165, 1.54) is 50.1 Å². The van der Waals surface area contributed by atoms with E-state index in [1.54, 1.807) is 75.1 Å². The number of amides is 3. The van der Waals surface area contributed by atoms with Gasteiger partial charge in [-0.25, -0.2) is 36.9 Å². The van der Waals surface area contributed by atoms with Crippen molar-refractivity contribution in [1.29, 1.82) is 15.8 Å². The van der Waals surface area contributed by atoms with E-state index in [2.05, 4.69) is 62.9 Å². The van der Waals surface area contributed by atoms with Gasteiger partial charge in [0, 0.05) is 119 Å². The van der Waals surface area contributed by atoms with Gasteiger partial charge in [-0.05, 0) is 110 Å². The van der Waals surface area contributed by atoms with Gasteiger partial charge in [0.2, 0.25) is 17.7 Å². The summed E-state index contributed by atoms with van der Waals surface area (Å²) in [5.74, 6) is -6.79. The van der Waals surface area contributed by atoms with Crippen molar-refractivity contribution in [1.82, 2.24) is 58.3 Å². The Morgan fingerprint density at radius 2 is 0.622 bits per heavy atom. The van der Waals surface area contributed by atoms with Crippen LogP contribution in [0, 0.1) is 83.9 Å². The first-order valence-electron chi connectivity index (χ1n) is 41.3. The van der Waals surface area contributed by atoms with Gasteiger partial charge < -0.3 is 46.6 Å². The number of nitrogens with zero attached hydrogens (tertiary/aromatic N) is 18. The predicted molar refractivity (Wildman–Crippen MR) is 522 cm³/mol. The lowest BCUT2D eigenvalue weighted by molar-refractivity contribution is -0.127. The fourth-order valence-corrected chi connectivity index (χ4v) is 19.1. The number of pyridine rings is 9. The fraction of sp³-hybridized carbons (Fsp3) is 0.258. The zero-order valence-electron chi connectivity index (χ0n) is 73.2. The smallest absolute Gasteiger partial charge is 0.276 e. The number of carbonyl (C=O) groups excluding carboxylic acids is 3. The third kappa shape index (κ3) is 17.9. The fourth-order valence-electron chi connectivity index (χ4n) is 16.5. The first kappa shape index (κ1) is 100. The Bertz CT molecular complexity index is 6650. The Morgan fingerprint density at radius 1 is 0.378 bits per heavy atom. The van der Waals surface area contributed by atoms with E-state index in [9.17, 15) is 53.3 Å². The summed E-state index contributed by atoms with van der Waals surface area (Å²) in [5, 5.41) is 27.9. The molecule has 3 saturated heterocycles. The van der Waals surface area contributed by atoms with Crippen molar-refractivity contribution in [3.63, 3.8) is 0 Å². The molecule has 0 atom stereocenters. The lowest BCUT2D eigenvalue weighted by Gasteiger charge is -2.36. The number of benzene rings is 3. The predicted octanol–water partition coefficient (Wildman–Crippen LogP) is 19.7. The van der Waals surface area contributed by atoms with E-state index in [1.807, 2.05) is 53.4 Å². The number of fused-ring (bicyclic) bond motifs is 3. The van der Waals surface area contributed by atoms with Crippen LogP contribution in [0.1, 0.15) is 110 Å². The topological polar surface area (TPSA) is 363 Å². The van der Waals surface area contributed by atoms with Crippen molar-refractivity contribution >= 4 is 201 Å². The van der Waals surface area contributed by atoms with E-state index in [0.717, 1.165) is 0 Å². The molecule has 3 aliphatic rings. The number of rotatable bonds is 15. The highest BCUT2D eigenvalue weighted by Gasteiger charge is 2.38. The lowest BCUT2D eigenvalue weighted by atomic mass is 10.0. The van der Waals surface area contributed by atoms with Crippen LogP contribution < -0.4 is 48.6 Å². The van der Waals surface area contributed by atoms with Crippen molar-refractivity contribution in [3.05, 3.63) is 254 Å². The Labute approximate surface area is 818 Å². The molecule has 0 saturated carbocycles. The molecule has 696 valence electrons. The Hall–Kier alpha value is -12.4. The van der Waals surface area contributed by atoms with Crippen LogP contribution >= 0.6 is 116 Å². The molecule has 0 radical (unpaired) electrons. The summed E-state index contributed by atoms with van der Waals surface area (Å²) in [4.78, 5) is 118. The highest BCUT2D eigenvalue weighted by atomic mass is 35.5. The molecule has 0 unspecified atom stereocenters. The van der Waals surface area contributed by atoms with Crippen molar-refractivity contribution in [2.45, 2.75) is 80.1 Å². The van der Waals surface area contributed by atoms with Gasteiger partial charge in [0.25, 0.3) is 16.7 Å². The van der Waals surface area contributed by atoms with E-state index < -0.39 is 98.4 Å². The summed E-state index contributed by atoms with van der Waals surface area (Å²) in [6.07, 6.45) is 8.53. The largest absolute Gasteiger partial charge is 0.396 e. The minimum absolute atomic E-state index is 0.00442. The number of nitrogens with two attached hydrogens (primary N) is 3. The molecule has 3 aliphatic heterocycles. The zero-order valence-corrected chi connectivity index (χ0v) is 80.7. The number of aryl methyl sites for hydroxylation is 3. The van der Waals surface area contributed by atoms with Crippen LogP contribution in [0.4, 0.5) is 56.1 Å². The lowest BCUT2D eigenvalue weighted by Crippen LogP contribution is -2.49. The molecule has 6 N–H and O–H groups in total. The normalized spacial score (nSPS) is 13.4. The molecule has 3 amide bonds. The van der Waals surface area contributed by atoms with Crippen LogP contribution in [0.3, 0.4) is 0 Å². The van der Waals surface area contributed by atoms with E-state index >= 15 is 13.2 Å². The number of nitrogen functional groups attached to an aromatic ring is 3. The highest BCUT2D eigenvalue weighted by Crippen LogP contribution is 2.51. The Morgan fingerprint density at radius 3 is 0.867 bits per heavy atom. The van der Waals surface area contributed by atoms with Crippen molar-refractivity contribution in [3.8, 4) is 69.0 Å². The van der Waals surface area contributed by atoms with Crippen LogP contribution in [-0.2, 0) is 14.4 Å². The summed E-state index contributed by atoms with van der Waals surface area (Å²) in [7, 11) is 0. The maximum atomic E-state index is 15.6. The zero-order chi connectivity index (χ0) is 98.7. The van der Waals surface area contributed by atoms with E-state index in [0.29, 0.717) is 114 Å². The van der Waals surface area contributed by atoms with Crippen molar-refractivity contribution in [2.75, 3.05) is 110 Å². The molecule has 135 heavy (non-hydrogen) atoms. The number of anilines is 6. The summed E-state index contributed by atoms with van der Waals surface area (Å²) in [6, 6.07) is 15.7. The number of carbonyl (C=O) groups is 3. The van der Waals surface area contributed by atoms with Gasteiger partial charge in [0.1, 0.15) is 66.9 Å². The van der Waals surface area contributed by atoms with Crippen LogP contribution in [0.15, 0.2) is 107 Å². The standard InChI is InChI=1S/C31H26Cl4FN7O2.2C31H26Cl3F2N7O2/c1-5-19(44)41-8-10-42(11-9-41)29-16-12-18(32)27(20-21(33)24(36)23(35)25(38)22(20)34)40-30(16)43(31(45)17(29)13-37)28-15(4)6-7-39-26(28)14(2)3;2*1-5-19(44)41-8-10-42(11-9-41)29-16-12-18(32)27(20-21(33)24(36)22(34)25(38)23(20)35)40-30(16)43(31(45)17(29)13-37)28-15(4)6-7-39-26(28)14(2)3/h3*5-7,12,14H,1,8-11,38H2,2-4H3. The van der Waals surface area contributed by atoms with Gasteiger partial charge in [0.05, 0.1) is 132 Å². The van der Waals surface area contributed by atoms with Crippen LogP contribution in [0.5, 0.6) is 0 Å². The molecule has 0 bridgehead atoms. The van der Waals surface area contributed by atoms with Crippen LogP contribution in [0.2, 0.25) is 50.2 Å². The molecule has 12 aromatic rings. The number of nitriles is 3. The average Bonchev–Trinajstić information content (AvgIpc) is 0.728. The van der Waals surface area contributed by atoms with Crippen molar-refractivity contribution < 1.29 is 36.3 Å². The third-order valence-corrected chi connectivity index (χ3v) is 26.6. The van der Waals surface area contributed by atoms with Gasteiger partial charge in [0.15, 0.2) is 29.1 Å². The molecule has 42 heteroatoms. The SMILES string of the molecule is C=CC(=O)N1CCN(c2c(C#N)c(=O)n(-c3c(C)ccnc3C(C)C)c3nc(-c4c(Cl)c(N)c(Cl)c(F)c4Cl)c(Cl)cc23)CC1.C=CC(=O)N1CCN(c2c(C#N)c(=O)n(-c3c(C)ccnc3C(C)C)c3nc(-c4c(F)c(N)c(Cl)c(F)c4Cl)c(Cl)cc23)CC1.C=CC(=O)N1CCN(c2c(C#N)c(=O)n(-c3c(C)ccnc3C(C)C)c3nc(-c4c(F)c(N)c(Cl)c(F)c4Cl)c(Cl)cc23)CC1. The summed E-state index contributed by atoms with van der Waals surface area (Å²) >= 11 is 63.4. The second kappa shape index (κ2) is 40.3. The van der Waals surface area contributed by atoms with Gasteiger partial charge in [-0.1, -0.05) is 177 Å². The molecule has 12 heterocycles. The number of hydrogen-bond acceptors (Lipinski definition) is 21. The Balaban J connectivity index is 0.000000171. The van der Waals surface area contributed by atoms with Crippen LogP contribution in [0.25, 0.3) is 83.9 Å². The molecule has 9 aromatic heterocycles. The van der Waals surface area contributed by atoms with Gasteiger partial charge in [-0.3, -0.25) is 57.4 Å². The number of piperazine rings is 3. The second-order valence-corrected chi connectivity index (χ2v) is 36.1. The maximum absolute atomic E-state index is 15.6. The third-order valence-electron chi connectivity index (χ3n) is 23.2. The molecule has 0 aliphatic carbocycles.